The maximum atomic E-state index is 12.1. The van der Waals surface area contributed by atoms with E-state index in [1.807, 2.05) is 30.5 Å². The molecular formula is C16H14ClN5OS. The molecule has 3 aromatic heterocycles. The van der Waals surface area contributed by atoms with Crippen LogP contribution < -0.4 is 10.6 Å². The van der Waals surface area contributed by atoms with E-state index in [4.69, 9.17) is 11.6 Å². The van der Waals surface area contributed by atoms with Crippen molar-refractivity contribution in [2.45, 2.75) is 13.3 Å². The molecule has 6 nitrogen and oxygen atoms in total. The molecule has 122 valence electrons. The third kappa shape index (κ3) is 4.27. The third-order valence-electron chi connectivity index (χ3n) is 3.05. The van der Waals surface area contributed by atoms with Crippen LogP contribution in [0.1, 0.15) is 11.4 Å². The van der Waals surface area contributed by atoms with Crippen molar-refractivity contribution in [1.29, 1.82) is 0 Å². The van der Waals surface area contributed by atoms with Gasteiger partial charge < -0.3 is 10.6 Å². The quantitative estimate of drug-likeness (QED) is 0.677. The van der Waals surface area contributed by atoms with Crippen LogP contribution in [0.4, 0.5) is 16.6 Å². The van der Waals surface area contributed by atoms with Crippen LogP contribution in [0.25, 0.3) is 0 Å². The number of carbonyl (C=O) groups excluding carboxylic acids is 1. The van der Waals surface area contributed by atoms with Gasteiger partial charge in [0.25, 0.3) is 0 Å². The van der Waals surface area contributed by atoms with Crippen molar-refractivity contribution in [3.05, 3.63) is 58.4 Å². The number of aromatic nitrogens is 3. The first-order valence-electron chi connectivity index (χ1n) is 7.15. The molecule has 0 atom stereocenters. The molecule has 8 heteroatoms. The number of aryl methyl sites for hydroxylation is 1. The minimum atomic E-state index is -0.199. The zero-order valence-corrected chi connectivity index (χ0v) is 14.4. The van der Waals surface area contributed by atoms with E-state index in [0.717, 1.165) is 11.5 Å². The Kier molecular flexibility index (Phi) is 5.02. The molecule has 0 spiro atoms. The van der Waals surface area contributed by atoms with Crippen LogP contribution in [0.15, 0.2) is 41.9 Å². The highest BCUT2D eigenvalue weighted by Gasteiger charge is 2.10. The predicted molar refractivity (Wildman–Crippen MR) is 96.0 cm³/mol. The first kappa shape index (κ1) is 16.4. The summed E-state index contributed by atoms with van der Waals surface area (Å²) in [5.41, 5.74) is 2.08. The average molecular weight is 360 g/mol. The van der Waals surface area contributed by atoms with Gasteiger partial charge in [-0.25, -0.2) is 15.0 Å². The predicted octanol–water partition coefficient (Wildman–Crippen LogP) is 3.82. The second-order valence-corrected chi connectivity index (χ2v) is 6.22. The van der Waals surface area contributed by atoms with Gasteiger partial charge in [0, 0.05) is 17.3 Å². The number of thiazole rings is 1. The Balaban J connectivity index is 1.61. The SMILES string of the molecule is Cc1cccc(Nc2nc(CC(=O)Nc3cccnc3Cl)cs2)n1. The molecule has 0 aliphatic heterocycles. The number of nitrogens with one attached hydrogen (secondary N) is 2. The fourth-order valence-corrected chi connectivity index (χ4v) is 2.89. The molecule has 24 heavy (non-hydrogen) atoms. The lowest BCUT2D eigenvalue weighted by molar-refractivity contribution is -0.115. The van der Waals surface area contributed by atoms with E-state index in [2.05, 4.69) is 25.6 Å². The fourth-order valence-electron chi connectivity index (χ4n) is 2.01. The van der Waals surface area contributed by atoms with Crippen molar-refractivity contribution >= 4 is 45.5 Å². The van der Waals surface area contributed by atoms with E-state index in [1.54, 1.807) is 18.3 Å². The molecule has 0 aromatic carbocycles. The maximum absolute atomic E-state index is 12.1. The second kappa shape index (κ2) is 7.37. The van der Waals surface area contributed by atoms with Gasteiger partial charge in [0.05, 0.1) is 17.8 Å². The molecule has 0 fully saturated rings. The summed E-state index contributed by atoms with van der Waals surface area (Å²) in [5.74, 6) is 0.526. The van der Waals surface area contributed by atoms with Gasteiger partial charge in [-0.3, -0.25) is 4.79 Å². The molecule has 1 amide bonds. The van der Waals surface area contributed by atoms with Crippen molar-refractivity contribution in [3.63, 3.8) is 0 Å². The zero-order chi connectivity index (χ0) is 16.9. The highest BCUT2D eigenvalue weighted by molar-refractivity contribution is 7.13. The molecule has 0 aliphatic carbocycles. The number of hydrogen-bond donors (Lipinski definition) is 2. The summed E-state index contributed by atoms with van der Waals surface area (Å²) in [5, 5.41) is 8.64. The van der Waals surface area contributed by atoms with Crippen LogP contribution >= 0.6 is 22.9 Å². The highest BCUT2D eigenvalue weighted by Crippen LogP contribution is 2.21. The van der Waals surface area contributed by atoms with E-state index in [9.17, 15) is 4.79 Å². The summed E-state index contributed by atoms with van der Waals surface area (Å²) in [7, 11) is 0. The topological polar surface area (TPSA) is 79.8 Å². The average Bonchev–Trinajstić information content (AvgIpc) is 2.96. The van der Waals surface area contributed by atoms with Crippen LogP contribution in [0.5, 0.6) is 0 Å². The van der Waals surface area contributed by atoms with Crippen molar-refractivity contribution < 1.29 is 4.79 Å². The number of carbonyl (C=O) groups is 1. The van der Waals surface area contributed by atoms with Crippen LogP contribution in [-0.4, -0.2) is 20.9 Å². The molecule has 2 N–H and O–H groups in total. The van der Waals surface area contributed by atoms with Crippen LogP contribution in [0.3, 0.4) is 0 Å². The lowest BCUT2D eigenvalue weighted by Crippen LogP contribution is -2.15. The third-order valence-corrected chi connectivity index (χ3v) is 4.16. The molecule has 0 saturated heterocycles. The van der Waals surface area contributed by atoms with E-state index < -0.39 is 0 Å². The Morgan fingerprint density at radius 3 is 2.92 bits per heavy atom. The van der Waals surface area contributed by atoms with E-state index in [1.165, 1.54) is 11.3 Å². The summed E-state index contributed by atoms with van der Waals surface area (Å²) in [6.07, 6.45) is 1.72. The van der Waals surface area contributed by atoms with Gasteiger partial charge in [0.1, 0.15) is 5.82 Å². The molecule has 0 unspecified atom stereocenters. The Labute approximate surface area is 148 Å². The number of amides is 1. The van der Waals surface area contributed by atoms with Gasteiger partial charge in [0.2, 0.25) is 5.91 Å². The lowest BCUT2D eigenvalue weighted by atomic mass is 10.3. The van der Waals surface area contributed by atoms with Gasteiger partial charge in [-0.1, -0.05) is 17.7 Å². The first-order chi connectivity index (χ1) is 11.6. The van der Waals surface area contributed by atoms with Crippen molar-refractivity contribution in [3.8, 4) is 0 Å². The summed E-state index contributed by atoms with van der Waals surface area (Å²) >= 11 is 7.34. The number of halogens is 1. The Morgan fingerprint density at radius 2 is 2.12 bits per heavy atom. The first-order valence-corrected chi connectivity index (χ1v) is 8.41. The number of nitrogens with zero attached hydrogens (tertiary/aromatic N) is 3. The van der Waals surface area contributed by atoms with Crippen molar-refractivity contribution in [1.82, 2.24) is 15.0 Å². The number of rotatable bonds is 5. The van der Waals surface area contributed by atoms with E-state index in [-0.39, 0.29) is 17.5 Å². The van der Waals surface area contributed by atoms with Crippen molar-refractivity contribution in [2.24, 2.45) is 0 Å². The summed E-state index contributed by atoms with van der Waals surface area (Å²) < 4.78 is 0. The standard InChI is InChI=1S/C16H14ClN5OS/c1-10-4-2-6-13(19-10)22-16-20-11(9-24-16)8-14(23)21-12-5-3-7-18-15(12)17/h2-7,9H,8H2,1H3,(H,21,23)(H,19,20,22). The molecule has 3 rings (SSSR count). The van der Waals surface area contributed by atoms with Gasteiger partial charge in [-0.15, -0.1) is 11.3 Å². The maximum Gasteiger partial charge on any atom is 0.230 e. The summed E-state index contributed by atoms with van der Waals surface area (Å²) in [6.45, 7) is 1.92. The van der Waals surface area contributed by atoms with Gasteiger partial charge in [-0.05, 0) is 31.2 Å². The van der Waals surface area contributed by atoms with Crippen LogP contribution in [0, 0.1) is 6.92 Å². The molecular weight excluding hydrogens is 346 g/mol. The monoisotopic (exact) mass is 359 g/mol. The van der Waals surface area contributed by atoms with E-state index >= 15 is 0 Å². The summed E-state index contributed by atoms with van der Waals surface area (Å²) in [4.78, 5) is 24.8. The smallest absolute Gasteiger partial charge is 0.230 e. The molecule has 0 radical (unpaired) electrons. The zero-order valence-electron chi connectivity index (χ0n) is 12.8. The normalized spacial score (nSPS) is 10.4. The molecule has 3 aromatic rings. The largest absolute Gasteiger partial charge is 0.323 e. The number of anilines is 3. The Bertz CT molecular complexity index is 867. The highest BCUT2D eigenvalue weighted by atomic mass is 35.5. The summed E-state index contributed by atoms with van der Waals surface area (Å²) in [6, 6.07) is 9.12. The number of pyridine rings is 2. The van der Waals surface area contributed by atoms with Crippen LogP contribution in [0.2, 0.25) is 5.15 Å². The minimum absolute atomic E-state index is 0.157. The fraction of sp³-hybridized carbons (Fsp3) is 0.125. The molecule has 0 saturated carbocycles. The van der Waals surface area contributed by atoms with Gasteiger partial charge >= 0.3 is 0 Å². The van der Waals surface area contributed by atoms with Gasteiger partial charge in [0.15, 0.2) is 10.3 Å². The lowest BCUT2D eigenvalue weighted by Gasteiger charge is -2.05. The van der Waals surface area contributed by atoms with Gasteiger partial charge in [-0.2, -0.15) is 0 Å². The van der Waals surface area contributed by atoms with Crippen LogP contribution in [-0.2, 0) is 11.2 Å². The van der Waals surface area contributed by atoms with Crippen molar-refractivity contribution in [2.75, 3.05) is 10.6 Å². The van der Waals surface area contributed by atoms with E-state index in [0.29, 0.717) is 16.5 Å². The Hall–Kier alpha value is -2.51. The minimum Gasteiger partial charge on any atom is -0.323 e. The second-order valence-electron chi connectivity index (χ2n) is 5.00. The molecule has 0 bridgehead atoms. The molecule has 0 aliphatic rings. The molecule has 3 heterocycles. The number of hydrogen-bond acceptors (Lipinski definition) is 6. The Morgan fingerprint density at radius 1 is 1.25 bits per heavy atom.